The molecule has 1 atom stereocenters. The molecule has 148 valence electrons. The summed E-state index contributed by atoms with van der Waals surface area (Å²) in [6, 6.07) is 8.01. The minimum absolute atomic E-state index is 0.174. The molecule has 0 spiro atoms. The molecule has 1 saturated heterocycles. The maximum atomic E-state index is 13.8. The highest BCUT2D eigenvalue weighted by Crippen LogP contribution is 2.16. The van der Waals surface area contributed by atoms with Crippen molar-refractivity contribution in [2.45, 2.75) is 13.0 Å². The number of carbonyl (C=O) groups excluding carboxylic acids is 2. The second-order valence-electron chi connectivity index (χ2n) is 6.63. The minimum atomic E-state index is -0.893. The molecule has 8 heteroatoms. The van der Waals surface area contributed by atoms with Gasteiger partial charge in [0.1, 0.15) is 17.5 Å². The van der Waals surface area contributed by atoms with E-state index < -0.39 is 29.4 Å². The van der Waals surface area contributed by atoms with Gasteiger partial charge in [-0.2, -0.15) is 0 Å². The van der Waals surface area contributed by atoms with Crippen molar-refractivity contribution in [1.82, 2.24) is 9.80 Å². The van der Waals surface area contributed by atoms with Gasteiger partial charge in [-0.1, -0.05) is 6.07 Å². The van der Waals surface area contributed by atoms with Gasteiger partial charge in [-0.05, 0) is 37.3 Å². The predicted octanol–water partition coefficient (Wildman–Crippen LogP) is 2.89. The van der Waals surface area contributed by atoms with Gasteiger partial charge in [0.2, 0.25) is 5.91 Å². The summed E-state index contributed by atoms with van der Waals surface area (Å²) in [6.45, 7) is 3.20. The Bertz CT molecular complexity index is 883. The Hall–Kier alpha value is -2.87. The van der Waals surface area contributed by atoms with E-state index >= 15 is 0 Å². The molecule has 0 aliphatic carbocycles. The first kappa shape index (κ1) is 19.9. The normalized spacial score (nSPS) is 15.9. The van der Waals surface area contributed by atoms with Crippen molar-refractivity contribution in [2.24, 2.45) is 0 Å². The van der Waals surface area contributed by atoms with Crippen LogP contribution in [0.4, 0.5) is 18.9 Å². The van der Waals surface area contributed by atoms with Crippen LogP contribution < -0.4 is 5.32 Å². The number of carbonyl (C=O) groups is 2. The van der Waals surface area contributed by atoms with E-state index in [9.17, 15) is 22.8 Å². The number of halogens is 3. The standard InChI is InChI=1S/C20H20F3N3O2/c1-13(19(27)24-16-4-2-3-14(21)11-16)25-7-9-26(10-8-25)20(28)17-6-5-15(22)12-18(17)23/h2-6,11-13H,7-10H2,1H3,(H,24,27). The molecule has 2 aromatic rings. The zero-order chi connectivity index (χ0) is 20.3. The Morgan fingerprint density at radius 3 is 2.29 bits per heavy atom. The van der Waals surface area contributed by atoms with Gasteiger partial charge in [0.05, 0.1) is 11.6 Å². The molecule has 0 bridgehead atoms. The van der Waals surface area contributed by atoms with Crippen LogP contribution in [0.3, 0.4) is 0 Å². The largest absolute Gasteiger partial charge is 0.336 e. The number of nitrogens with one attached hydrogen (secondary N) is 1. The van der Waals surface area contributed by atoms with E-state index in [1.54, 1.807) is 13.0 Å². The maximum absolute atomic E-state index is 13.8. The highest BCUT2D eigenvalue weighted by molar-refractivity contribution is 5.95. The molecule has 1 aliphatic rings. The van der Waals surface area contributed by atoms with E-state index in [0.29, 0.717) is 37.9 Å². The van der Waals surface area contributed by atoms with E-state index in [4.69, 9.17) is 0 Å². The summed E-state index contributed by atoms with van der Waals surface area (Å²) in [4.78, 5) is 28.2. The molecule has 0 radical (unpaired) electrons. The van der Waals surface area contributed by atoms with Crippen LogP contribution in [0.15, 0.2) is 42.5 Å². The van der Waals surface area contributed by atoms with Crippen LogP contribution in [-0.4, -0.2) is 53.8 Å². The Kier molecular flexibility index (Phi) is 5.99. The molecule has 0 aromatic heterocycles. The lowest BCUT2D eigenvalue weighted by molar-refractivity contribution is -0.121. The molecular weight excluding hydrogens is 371 g/mol. The fraction of sp³-hybridized carbons (Fsp3) is 0.300. The van der Waals surface area contributed by atoms with E-state index in [1.165, 1.54) is 23.1 Å². The lowest BCUT2D eigenvalue weighted by atomic mass is 10.1. The van der Waals surface area contributed by atoms with Crippen molar-refractivity contribution in [2.75, 3.05) is 31.5 Å². The number of amides is 2. The van der Waals surface area contributed by atoms with Gasteiger partial charge >= 0.3 is 0 Å². The third-order valence-electron chi connectivity index (χ3n) is 4.78. The number of benzene rings is 2. The van der Waals surface area contributed by atoms with Gasteiger partial charge in [0.15, 0.2) is 0 Å². The summed E-state index contributed by atoms with van der Waals surface area (Å²) < 4.78 is 40.1. The van der Waals surface area contributed by atoms with Gasteiger partial charge in [0.25, 0.3) is 5.91 Å². The third-order valence-corrected chi connectivity index (χ3v) is 4.78. The number of piperazine rings is 1. The lowest BCUT2D eigenvalue weighted by Crippen LogP contribution is -2.54. The second kappa shape index (κ2) is 8.43. The van der Waals surface area contributed by atoms with Crippen molar-refractivity contribution in [3.8, 4) is 0 Å². The van der Waals surface area contributed by atoms with Crippen LogP contribution in [0.1, 0.15) is 17.3 Å². The van der Waals surface area contributed by atoms with Crippen LogP contribution in [0, 0.1) is 17.5 Å². The van der Waals surface area contributed by atoms with Gasteiger partial charge in [-0.25, -0.2) is 13.2 Å². The molecule has 1 aliphatic heterocycles. The average Bonchev–Trinajstić information content (AvgIpc) is 2.67. The number of hydrogen-bond acceptors (Lipinski definition) is 3. The van der Waals surface area contributed by atoms with Crippen LogP contribution in [-0.2, 0) is 4.79 Å². The van der Waals surface area contributed by atoms with Crippen molar-refractivity contribution < 1.29 is 22.8 Å². The van der Waals surface area contributed by atoms with Crippen LogP contribution in [0.5, 0.6) is 0 Å². The summed E-state index contributed by atoms with van der Waals surface area (Å²) in [5.74, 6) is -2.86. The molecule has 5 nitrogen and oxygen atoms in total. The molecular formula is C20H20F3N3O2. The first-order valence-corrected chi connectivity index (χ1v) is 8.90. The SMILES string of the molecule is CC(C(=O)Nc1cccc(F)c1)N1CCN(C(=O)c2ccc(F)cc2F)CC1. The molecule has 1 unspecified atom stereocenters. The Morgan fingerprint density at radius 2 is 1.64 bits per heavy atom. The predicted molar refractivity (Wildman–Crippen MR) is 98.3 cm³/mol. The zero-order valence-electron chi connectivity index (χ0n) is 15.3. The van der Waals surface area contributed by atoms with Crippen LogP contribution in [0.25, 0.3) is 0 Å². The summed E-state index contributed by atoms with van der Waals surface area (Å²) in [5, 5.41) is 2.67. The zero-order valence-corrected chi connectivity index (χ0v) is 15.3. The summed E-state index contributed by atoms with van der Waals surface area (Å²) in [6.07, 6.45) is 0. The quantitative estimate of drug-likeness (QED) is 0.872. The first-order valence-electron chi connectivity index (χ1n) is 8.90. The van der Waals surface area contributed by atoms with E-state index in [0.717, 1.165) is 12.1 Å². The van der Waals surface area contributed by atoms with Gasteiger partial charge in [-0.15, -0.1) is 0 Å². The first-order chi connectivity index (χ1) is 13.3. The average molecular weight is 391 g/mol. The molecule has 1 fully saturated rings. The fourth-order valence-electron chi connectivity index (χ4n) is 3.12. The smallest absolute Gasteiger partial charge is 0.256 e. The second-order valence-corrected chi connectivity index (χ2v) is 6.63. The molecule has 28 heavy (non-hydrogen) atoms. The van der Waals surface area contributed by atoms with Crippen LogP contribution in [0.2, 0.25) is 0 Å². The summed E-state index contributed by atoms with van der Waals surface area (Å²) >= 11 is 0. The highest BCUT2D eigenvalue weighted by Gasteiger charge is 2.29. The van der Waals surface area contributed by atoms with Gasteiger partial charge < -0.3 is 10.2 Å². The summed E-state index contributed by atoms with van der Waals surface area (Å²) in [7, 11) is 0. The van der Waals surface area contributed by atoms with Crippen LogP contribution >= 0.6 is 0 Å². The monoisotopic (exact) mass is 391 g/mol. The number of nitrogens with zero attached hydrogens (tertiary/aromatic N) is 2. The Morgan fingerprint density at radius 1 is 0.964 bits per heavy atom. The molecule has 1 N–H and O–H groups in total. The molecule has 1 heterocycles. The number of hydrogen-bond donors (Lipinski definition) is 1. The Labute approximate surface area is 160 Å². The highest BCUT2D eigenvalue weighted by atomic mass is 19.1. The fourth-order valence-corrected chi connectivity index (χ4v) is 3.12. The molecule has 2 aromatic carbocycles. The van der Waals surface area contributed by atoms with Gasteiger partial charge in [0, 0.05) is 37.9 Å². The van der Waals surface area contributed by atoms with Crippen molar-refractivity contribution >= 4 is 17.5 Å². The van der Waals surface area contributed by atoms with Crippen molar-refractivity contribution in [3.05, 3.63) is 65.5 Å². The van der Waals surface area contributed by atoms with E-state index in [2.05, 4.69) is 5.32 Å². The Balaban J connectivity index is 1.56. The summed E-state index contributed by atoms with van der Waals surface area (Å²) in [5.41, 5.74) is 0.198. The van der Waals surface area contributed by atoms with Crippen molar-refractivity contribution in [1.29, 1.82) is 0 Å². The van der Waals surface area contributed by atoms with E-state index in [-0.39, 0.29) is 11.5 Å². The molecule has 0 saturated carbocycles. The third kappa shape index (κ3) is 4.51. The van der Waals surface area contributed by atoms with Crippen molar-refractivity contribution in [3.63, 3.8) is 0 Å². The maximum Gasteiger partial charge on any atom is 0.256 e. The minimum Gasteiger partial charge on any atom is -0.336 e. The lowest BCUT2D eigenvalue weighted by Gasteiger charge is -2.37. The van der Waals surface area contributed by atoms with E-state index in [1.807, 2.05) is 4.90 Å². The van der Waals surface area contributed by atoms with Gasteiger partial charge in [-0.3, -0.25) is 14.5 Å². The number of rotatable bonds is 4. The topological polar surface area (TPSA) is 52.7 Å². The molecule has 2 amide bonds. The molecule has 3 rings (SSSR count). The number of anilines is 1.